The Morgan fingerprint density at radius 3 is 2.61 bits per heavy atom. The molecule has 0 aromatic heterocycles. The maximum absolute atomic E-state index is 11.8. The molecule has 1 amide bonds. The minimum atomic E-state index is -0.455. The number of rotatable bonds is 11. The van der Waals surface area contributed by atoms with E-state index in [1.165, 1.54) is 0 Å². The molecule has 0 saturated carbocycles. The van der Waals surface area contributed by atoms with Gasteiger partial charge in [0.2, 0.25) is 0 Å². The minimum Gasteiger partial charge on any atom is -0.491 e. The van der Waals surface area contributed by atoms with Crippen LogP contribution >= 0.6 is 0 Å². The van der Waals surface area contributed by atoms with Gasteiger partial charge in [0.05, 0.1) is 6.61 Å². The van der Waals surface area contributed by atoms with Gasteiger partial charge >= 0.3 is 6.09 Å². The number of hydrogen-bond donors (Lipinski definition) is 1. The fraction of sp³-hybridized carbons (Fsp3) is 0.588. The second-order valence-electron chi connectivity index (χ2n) is 4.86. The summed E-state index contributed by atoms with van der Waals surface area (Å²) in [6.45, 7) is 10.8. The number of nitrogens with one attached hydrogen (secondary N) is 1. The van der Waals surface area contributed by atoms with Crippen LogP contribution in [-0.4, -0.2) is 57.1 Å². The Hall–Kier alpha value is -1.79. The van der Waals surface area contributed by atoms with Crippen LogP contribution in [0, 0.1) is 0 Å². The number of hydrogen-bond acceptors (Lipinski definition) is 5. The zero-order valence-corrected chi connectivity index (χ0v) is 14.3. The number of carbonyl (C=O) groups excluding carboxylic acids is 1. The van der Waals surface area contributed by atoms with Gasteiger partial charge in [-0.3, -0.25) is 5.32 Å². The van der Waals surface area contributed by atoms with E-state index in [1.807, 2.05) is 19.1 Å². The average Bonchev–Trinajstić information content (AvgIpc) is 2.56. The molecule has 130 valence electrons. The summed E-state index contributed by atoms with van der Waals surface area (Å²) in [4.78, 5) is 14.0. The highest BCUT2D eigenvalue weighted by atomic mass is 16.5. The number of ether oxygens (including phenoxy) is 3. The zero-order chi connectivity index (χ0) is 16.9. The third kappa shape index (κ3) is 8.42. The van der Waals surface area contributed by atoms with E-state index in [9.17, 15) is 4.79 Å². The van der Waals surface area contributed by atoms with Crippen LogP contribution in [0.5, 0.6) is 5.75 Å². The fourth-order valence-electron chi connectivity index (χ4n) is 1.99. The van der Waals surface area contributed by atoms with Gasteiger partial charge in [-0.2, -0.15) is 0 Å². The summed E-state index contributed by atoms with van der Waals surface area (Å²) >= 11 is 0. The van der Waals surface area contributed by atoms with E-state index in [-0.39, 0.29) is 0 Å². The standard InChI is InChI=1S/C17H28N2O4/c1-4-19(5-2)10-11-23-17(20)18-15-8-7-9-16(14-15)22-13-12-21-6-3/h7-9,14H,4-6,10-13H2,1-3H3,(H,18,20). The van der Waals surface area contributed by atoms with Crippen LogP contribution in [0.15, 0.2) is 24.3 Å². The van der Waals surface area contributed by atoms with E-state index in [1.54, 1.807) is 12.1 Å². The lowest BCUT2D eigenvalue weighted by molar-refractivity contribution is 0.110. The SMILES string of the molecule is CCOCCOc1cccc(NC(=O)OCCN(CC)CC)c1. The normalized spacial score (nSPS) is 10.6. The summed E-state index contributed by atoms with van der Waals surface area (Å²) in [5, 5.41) is 2.70. The van der Waals surface area contributed by atoms with Crippen molar-refractivity contribution in [2.24, 2.45) is 0 Å². The van der Waals surface area contributed by atoms with Gasteiger partial charge in [-0.15, -0.1) is 0 Å². The van der Waals surface area contributed by atoms with Crippen LogP contribution in [0.25, 0.3) is 0 Å². The van der Waals surface area contributed by atoms with Crippen molar-refractivity contribution in [3.63, 3.8) is 0 Å². The first-order valence-electron chi connectivity index (χ1n) is 8.16. The molecule has 0 saturated heterocycles. The fourth-order valence-corrected chi connectivity index (χ4v) is 1.99. The number of likely N-dealkylation sites (N-methyl/N-ethyl adjacent to an activating group) is 1. The summed E-state index contributed by atoms with van der Waals surface area (Å²) in [6.07, 6.45) is -0.455. The van der Waals surface area contributed by atoms with E-state index in [0.29, 0.717) is 37.9 Å². The van der Waals surface area contributed by atoms with E-state index in [0.717, 1.165) is 19.6 Å². The molecule has 23 heavy (non-hydrogen) atoms. The summed E-state index contributed by atoms with van der Waals surface area (Å²) in [6, 6.07) is 7.21. The molecule has 0 aliphatic carbocycles. The van der Waals surface area contributed by atoms with Crippen molar-refractivity contribution in [3.8, 4) is 5.75 Å². The third-order valence-electron chi connectivity index (χ3n) is 3.32. The average molecular weight is 324 g/mol. The molecule has 0 aliphatic rings. The van der Waals surface area contributed by atoms with Crippen LogP contribution < -0.4 is 10.1 Å². The van der Waals surface area contributed by atoms with Gasteiger partial charge in [0, 0.05) is 24.9 Å². The molecule has 0 aliphatic heterocycles. The van der Waals surface area contributed by atoms with E-state index >= 15 is 0 Å². The van der Waals surface area contributed by atoms with E-state index in [2.05, 4.69) is 24.1 Å². The van der Waals surface area contributed by atoms with Gasteiger partial charge in [0.15, 0.2) is 0 Å². The maximum Gasteiger partial charge on any atom is 0.411 e. The smallest absolute Gasteiger partial charge is 0.411 e. The Morgan fingerprint density at radius 2 is 1.91 bits per heavy atom. The zero-order valence-electron chi connectivity index (χ0n) is 14.3. The van der Waals surface area contributed by atoms with Crippen molar-refractivity contribution in [1.82, 2.24) is 4.90 Å². The Balaban J connectivity index is 2.33. The largest absolute Gasteiger partial charge is 0.491 e. The van der Waals surface area contributed by atoms with Crippen molar-refractivity contribution >= 4 is 11.8 Å². The summed E-state index contributed by atoms with van der Waals surface area (Å²) in [7, 11) is 0. The molecular formula is C17H28N2O4. The number of amides is 1. The summed E-state index contributed by atoms with van der Waals surface area (Å²) < 4.78 is 15.9. The van der Waals surface area contributed by atoms with E-state index < -0.39 is 6.09 Å². The molecule has 1 rings (SSSR count). The second kappa shape index (κ2) is 11.7. The molecule has 0 spiro atoms. The molecule has 1 N–H and O–H groups in total. The topological polar surface area (TPSA) is 60.0 Å². The van der Waals surface area contributed by atoms with Crippen LogP contribution in [0.3, 0.4) is 0 Å². The predicted octanol–water partition coefficient (Wildman–Crippen LogP) is 2.99. The van der Waals surface area contributed by atoms with Crippen molar-refractivity contribution in [2.45, 2.75) is 20.8 Å². The van der Waals surface area contributed by atoms with Crippen molar-refractivity contribution in [3.05, 3.63) is 24.3 Å². The minimum absolute atomic E-state index is 0.373. The molecule has 6 heteroatoms. The molecule has 0 atom stereocenters. The first-order valence-corrected chi connectivity index (χ1v) is 8.16. The number of carbonyl (C=O) groups is 1. The highest BCUT2D eigenvalue weighted by Crippen LogP contribution is 2.17. The highest BCUT2D eigenvalue weighted by Gasteiger charge is 2.06. The summed E-state index contributed by atoms with van der Waals surface area (Å²) in [5.41, 5.74) is 0.645. The Morgan fingerprint density at radius 1 is 1.13 bits per heavy atom. The molecule has 0 unspecified atom stereocenters. The van der Waals surface area contributed by atoms with Gasteiger partial charge in [0.1, 0.15) is 19.0 Å². The van der Waals surface area contributed by atoms with Crippen molar-refractivity contribution in [2.75, 3.05) is 51.4 Å². The molecule has 0 radical (unpaired) electrons. The van der Waals surface area contributed by atoms with Gasteiger partial charge in [-0.1, -0.05) is 19.9 Å². The molecule has 1 aromatic carbocycles. The molecule has 6 nitrogen and oxygen atoms in total. The molecule has 0 fully saturated rings. The predicted molar refractivity (Wildman–Crippen MR) is 91.2 cm³/mol. The van der Waals surface area contributed by atoms with Gasteiger partial charge < -0.3 is 19.1 Å². The molecular weight excluding hydrogens is 296 g/mol. The maximum atomic E-state index is 11.8. The van der Waals surface area contributed by atoms with Crippen molar-refractivity contribution < 1.29 is 19.0 Å². The monoisotopic (exact) mass is 324 g/mol. The lowest BCUT2D eigenvalue weighted by atomic mass is 10.3. The number of nitrogens with zero attached hydrogens (tertiary/aromatic N) is 1. The first-order chi connectivity index (χ1) is 11.2. The first kappa shape index (κ1) is 19.3. The Labute approximate surface area is 138 Å². The van der Waals surface area contributed by atoms with E-state index in [4.69, 9.17) is 14.2 Å². The Kier molecular flexibility index (Phi) is 9.83. The molecule has 1 aromatic rings. The number of benzene rings is 1. The third-order valence-corrected chi connectivity index (χ3v) is 3.32. The molecule has 0 bridgehead atoms. The number of anilines is 1. The molecule has 0 heterocycles. The van der Waals surface area contributed by atoms with Crippen LogP contribution in [0.1, 0.15) is 20.8 Å². The van der Waals surface area contributed by atoms with Crippen LogP contribution in [0.2, 0.25) is 0 Å². The van der Waals surface area contributed by atoms with Gasteiger partial charge in [-0.25, -0.2) is 4.79 Å². The van der Waals surface area contributed by atoms with Gasteiger partial charge in [-0.05, 0) is 32.1 Å². The van der Waals surface area contributed by atoms with Crippen LogP contribution in [-0.2, 0) is 9.47 Å². The summed E-state index contributed by atoms with van der Waals surface area (Å²) in [5.74, 6) is 0.686. The lowest BCUT2D eigenvalue weighted by Crippen LogP contribution is -2.28. The Bertz CT molecular complexity index is 450. The van der Waals surface area contributed by atoms with Gasteiger partial charge in [0.25, 0.3) is 0 Å². The van der Waals surface area contributed by atoms with Crippen LogP contribution in [0.4, 0.5) is 10.5 Å². The lowest BCUT2D eigenvalue weighted by Gasteiger charge is -2.17. The van der Waals surface area contributed by atoms with Crippen molar-refractivity contribution in [1.29, 1.82) is 0 Å². The highest BCUT2D eigenvalue weighted by molar-refractivity contribution is 5.84. The second-order valence-corrected chi connectivity index (χ2v) is 4.86. The quantitative estimate of drug-likeness (QED) is 0.634.